The molecule has 0 saturated carbocycles. The second kappa shape index (κ2) is 6.79. The number of benzene rings is 2. The molecule has 0 saturated heterocycles. The van der Waals surface area contributed by atoms with Crippen LogP contribution in [0.1, 0.15) is 35.5 Å². The summed E-state index contributed by atoms with van der Waals surface area (Å²) < 4.78 is 0. The Labute approximate surface area is 153 Å². The fourth-order valence-electron chi connectivity index (χ4n) is 3.96. The predicted octanol–water partition coefficient (Wildman–Crippen LogP) is 4.17. The van der Waals surface area contributed by atoms with Gasteiger partial charge in [0, 0.05) is 17.6 Å². The molecule has 2 heterocycles. The van der Waals surface area contributed by atoms with Gasteiger partial charge in [0.15, 0.2) is 0 Å². The molecule has 1 atom stereocenters. The highest BCUT2D eigenvalue weighted by Crippen LogP contribution is 2.40. The van der Waals surface area contributed by atoms with E-state index in [2.05, 4.69) is 33.5 Å². The molecular formula is C22H23N3O. The molecule has 1 aliphatic heterocycles. The highest BCUT2D eigenvalue weighted by molar-refractivity contribution is 6.02. The highest BCUT2D eigenvalue weighted by Gasteiger charge is 2.43. The maximum atomic E-state index is 13.2. The average Bonchev–Trinajstić information content (AvgIpc) is 3.08. The van der Waals surface area contributed by atoms with Crippen LogP contribution in [0.15, 0.2) is 60.8 Å². The number of H-pyrrole nitrogens is 1. The Morgan fingerprint density at radius 2 is 1.85 bits per heavy atom. The SMILES string of the molecule is Cc1ncc(CCCC2(c3ccccc3)Cc3ccccc3NC2=O)[nH]1. The summed E-state index contributed by atoms with van der Waals surface area (Å²) in [6, 6.07) is 18.3. The minimum absolute atomic E-state index is 0.100. The summed E-state index contributed by atoms with van der Waals surface area (Å²) in [6.45, 7) is 1.96. The van der Waals surface area contributed by atoms with Gasteiger partial charge in [0.1, 0.15) is 5.82 Å². The van der Waals surface area contributed by atoms with Gasteiger partial charge in [-0.1, -0.05) is 48.5 Å². The normalized spacial score (nSPS) is 19.0. The Balaban J connectivity index is 1.64. The lowest BCUT2D eigenvalue weighted by atomic mass is 9.69. The Morgan fingerprint density at radius 1 is 1.08 bits per heavy atom. The molecule has 1 aliphatic rings. The van der Waals surface area contributed by atoms with Gasteiger partial charge >= 0.3 is 0 Å². The van der Waals surface area contributed by atoms with E-state index in [0.717, 1.165) is 48.5 Å². The lowest BCUT2D eigenvalue weighted by Gasteiger charge is -2.37. The van der Waals surface area contributed by atoms with Crippen molar-refractivity contribution in [3.8, 4) is 0 Å². The Hall–Kier alpha value is -2.88. The summed E-state index contributed by atoms with van der Waals surface area (Å²) in [6.07, 6.45) is 5.24. The molecular weight excluding hydrogens is 322 g/mol. The molecule has 3 aromatic rings. The van der Waals surface area contributed by atoms with Gasteiger partial charge in [0.25, 0.3) is 0 Å². The first-order chi connectivity index (χ1) is 12.7. The summed E-state index contributed by atoms with van der Waals surface area (Å²) in [4.78, 5) is 20.7. The Bertz CT molecular complexity index is 916. The van der Waals surface area contributed by atoms with Gasteiger partial charge in [0.2, 0.25) is 5.91 Å². The first-order valence-electron chi connectivity index (χ1n) is 9.13. The molecule has 4 rings (SSSR count). The molecule has 132 valence electrons. The summed E-state index contributed by atoms with van der Waals surface area (Å²) in [7, 11) is 0. The number of para-hydroxylation sites is 1. The zero-order valence-electron chi connectivity index (χ0n) is 15.0. The molecule has 0 fully saturated rings. The number of nitrogens with zero attached hydrogens (tertiary/aromatic N) is 1. The van der Waals surface area contributed by atoms with Gasteiger partial charge in [-0.25, -0.2) is 4.98 Å². The summed E-state index contributed by atoms with van der Waals surface area (Å²) in [5.41, 5.74) is 3.83. The van der Waals surface area contributed by atoms with E-state index in [0.29, 0.717) is 0 Å². The third kappa shape index (κ3) is 3.03. The van der Waals surface area contributed by atoms with Crippen molar-refractivity contribution < 1.29 is 4.79 Å². The minimum Gasteiger partial charge on any atom is -0.346 e. The number of hydrogen-bond acceptors (Lipinski definition) is 2. The van der Waals surface area contributed by atoms with Gasteiger partial charge < -0.3 is 10.3 Å². The van der Waals surface area contributed by atoms with E-state index in [1.54, 1.807) is 0 Å². The molecule has 1 aromatic heterocycles. The average molecular weight is 345 g/mol. The monoisotopic (exact) mass is 345 g/mol. The van der Waals surface area contributed by atoms with Crippen molar-refractivity contribution in [2.45, 2.75) is 38.0 Å². The van der Waals surface area contributed by atoms with Crippen LogP contribution in [0, 0.1) is 6.92 Å². The largest absolute Gasteiger partial charge is 0.346 e. The molecule has 0 bridgehead atoms. The Kier molecular flexibility index (Phi) is 4.33. The minimum atomic E-state index is -0.523. The number of aromatic amines is 1. The lowest BCUT2D eigenvalue weighted by molar-refractivity contribution is -0.122. The molecule has 4 heteroatoms. The van der Waals surface area contributed by atoms with Crippen LogP contribution in [0.5, 0.6) is 0 Å². The van der Waals surface area contributed by atoms with Gasteiger partial charge in [-0.3, -0.25) is 4.79 Å². The summed E-state index contributed by atoms with van der Waals surface area (Å²) >= 11 is 0. The molecule has 0 spiro atoms. The van der Waals surface area contributed by atoms with E-state index in [-0.39, 0.29) is 5.91 Å². The van der Waals surface area contributed by atoms with Crippen molar-refractivity contribution in [3.05, 3.63) is 83.4 Å². The third-order valence-electron chi connectivity index (χ3n) is 5.32. The third-order valence-corrected chi connectivity index (χ3v) is 5.32. The first-order valence-corrected chi connectivity index (χ1v) is 9.13. The van der Waals surface area contributed by atoms with Gasteiger partial charge in [-0.15, -0.1) is 0 Å². The number of nitrogens with one attached hydrogen (secondary N) is 2. The topological polar surface area (TPSA) is 57.8 Å². The van der Waals surface area contributed by atoms with Crippen molar-refractivity contribution in [2.24, 2.45) is 0 Å². The van der Waals surface area contributed by atoms with Crippen molar-refractivity contribution >= 4 is 11.6 Å². The number of aromatic nitrogens is 2. The van der Waals surface area contributed by atoms with Crippen LogP contribution in [0.2, 0.25) is 0 Å². The highest BCUT2D eigenvalue weighted by atomic mass is 16.2. The van der Waals surface area contributed by atoms with Crippen molar-refractivity contribution in [3.63, 3.8) is 0 Å². The molecule has 2 N–H and O–H groups in total. The second-order valence-electron chi connectivity index (χ2n) is 7.08. The Morgan fingerprint density at radius 3 is 2.62 bits per heavy atom. The van der Waals surface area contributed by atoms with Crippen molar-refractivity contribution in [1.29, 1.82) is 0 Å². The zero-order valence-corrected chi connectivity index (χ0v) is 15.0. The standard InChI is InChI=1S/C22H23N3O/c1-16-23-15-19(24-16)11-7-13-22(18-9-3-2-4-10-18)14-17-8-5-6-12-20(17)25-21(22)26/h2-6,8-10,12,15H,7,11,13-14H2,1H3,(H,23,24)(H,25,26). The quantitative estimate of drug-likeness (QED) is 0.729. The lowest BCUT2D eigenvalue weighted by Crippen LogP contribution is -2.45. The van der Waals surface area contributed by atoms with E-state index >= 15 is 0 Å². The van der Waals surface area contributed by atoms with Crippen molar-refractivity contribution in [1.82, 2.24) is 9.97 Å². The number of imidazole rings is 1. The van der Waals surface area contributed by atoms with E-state index in [4.69, 9.17) is 0 Å². The fraction of sp³-hybridized carbons (Fsp3) is 0.273. The molecule has 1 unspecified atom stereocenters. The van der Waals surface area contributed by atoms with Crippen LogP contribution in [-0.2, 0) is 23.1 Å². The second-order valence-corrected chi connectivity index (χ2v) is 7.08. The molecule has 26 heavy (non-hydrogen) atoms. The first kappa shape index (κ1) is 16.6. The van der Waals surface area contributed by atoms with Crippen LogP contribution in [0.4, 0.5) is 5.69 Å². The van der Waals surface area contributed by atoms with Gasteiger partial charge in [0.05, 0.1) is 5.41 Å². The van der Waals surface area contributed by atoms with E-state index in [9.17, 15) is 4.79 Å². The maximum absolute atomic E-state index is 13.2. The van der Waals surface area contributed by atoms with Crippen LogP contribution in [0.25, 0.3) is 0 Å². The van der Waals surface area contributed by atoms with Crippen LogP contribution in [0.3, 0.4) is 0 Å². The number of hydrogen-bond donors (Lipinski definition) is 2. The van der Waals surface area contributed by atoms with Crippen LogP contribution >= 0.6 is 0 Å². The molecule has 2 aromatic carbocycles. The van der Waals surface area contributed by atoms with Crippen LogP contribution in [-0.4, -0.2) is 15.9 Å². The smallest absolute Gasteiger partial charge is 0.235 e. The molecule has 4 nitrogen and oxygen atoms in total. The van der Waals surface area contributed by atoms with Crippen LogP contribution < -0.4 is 5.32 Å². The molecule has 0 radical (unpaired) electrons. The fourth-order valence-corrected chi connectivity index (χ4v) is 3.96. The number of amides is 1. The van der Waals surface area contributed by atoms with Crippen molar-refractivity contribution in [2.75, 3.05) is 5.32 Å². The molecule has 0 aliphatic carbocycles. The summed E-state index contributed by atoms with van der Waals surface area (Å²) in [5, 5.41) is 3.14. The number of aryl methyl sites for hydroxylation is 2. The number of anilines is 1. The predicted molar refractivity (Wildman–Crippen MR) is 103 cm³/mol. The van der Waals surface area contributed by atoms with E-state index in [1.807, 2.05) is 49.5 Å². The maximum Gasteiger partial charge on any atom is 0.235 e. The number of carbonyl (C=O) groups excluding carboxylic acids is 1. The van der Waals surface area contributed by atoms with E-state index in [1.165, 1.54) is 5.56 Å². The number of carbonyl (C=O) groups is 1. The van der Waals surface area contributed by atoms with E-state index < -0.39 is 5.41 Å². The molecule has 1 amide bonds. The number of rotatable bonds is 5. The van der Waals surface area contributed by atoms with Gasteiger partial charge in [-0.2, -0.15) is 0 Å². The number of fused-ring (bicyclic) bond motifs is 1. The summed E-state index contributed by atoms with van der Waals surface area (Å²) in [5.74, 6) is 1.03. The van der Waals surface area contributed by atoms with Gasteiger partial charge in [-0.05, 0) is 49.8 Å². The zero-order chi connectivity index (χ0) is 18.0.